The third-order valence-corrected chi connectivity index (χ3v) is 5.47. The Morgan fingerprint density at radius 2 is 2.17 bits per heavy atom. The second-order valence-electron chi connectivity index (χ2n) is 7.41. The van der Waals surface area contributed by atoms with Crippen LogP contribution < -0.4 is 5.32 Å². The van der Waals surface area contributed by atoms with Crippen LogP contribution in [0.5, 0.6) is 0 Å². The second-order valence-corrected chi connectivity index (χ2v) is 7.41. The smallest absolute Gasteiger partial charge is 0.322 e. The Bertz CT molecular complexity index is 1010. The van der Waals surface area contributed by atoms with Gasteiger partial charge in [0.05, 0.1) is 11.7 Å². The van der Waals surface area contributed by atoms with Gasteiger partial charge >= 0.3 is 6.03 Å². The lowest BCUT2D eigenvalue weighted by Gasteiger charge is -2.35. The molecular formula is C21H26N6O2. The number of aromatic nitrogens is 4. The second kappa shape index (κ2) is 8.06. The van der Waals surface area contributed by atoms with Crippen molar-refractivity contribution >= 4 is 11.7 Å². The first kappa shape index (κ1) is 19.2. The molecule has 1 aliphatic heterocycles. The number of rotatable bonds is 4. The Labute approximate surface area is 169 Å². The summed E-state index contributed by atoms with van der Waals surface area (Å²) < 4.78 is 7.19. The van der Waals surface area contributed by atoms with E-state index in [1.165, 1.54) is 0 Å². The molecule has 8 nitrogen and oxygen atoms in total. The molecule has 1 unspecified atom stereocenters. The average Bonchev–Trinajstić information content (AvgIpc) is 3.38. The van der Waals surface area contributed by atoms with Gasteiger partial charge in [-0.05, 0) is 49.9 Å². The van der Waals surface area contributed by atoms with Crippen LogP contribution in [0.1, 0.15) is 49.3 Å². The van der Waals surface area contributed by atoms with Gasteiger partial charge in [-0.15, -0.1) is 0 Å². The van der Waals surface area contributed by atoms with Crippen LogP contribution in [0, 0.1) is 6.92 Å². The normalized spacial score (nSPS) is 16.8. The van der Waals surface area contributed by atoms with E-state index >= 15 is 0 Å². The van der Waals surface area contributed by atoms with E-state index in [9.17, 15) is 4.79 Å². The van der Waals surface area contributed by atoms with Gasteiger partial charge in [-0.3, -0.25) is 4.68 Å². The molecule has 29 heavy (non-hydrogen) atoms. The van der Waals surface area contributed by atoms with Gasteiger partial charge in [-0.1, -0.05) is 18.1 Å². The van der Waals surface area contributed by atoms with Crippen LogP contribution in [0.2, 0.25) is 0 Å². The number of nitrogens with zero attached hydrogens (tertiary/aromatic N) is 5. The number of aryl methyl sites for hydroxylation is 3. The molecular weight excluding hydrogens is 368 g/mol. The number of amides is 2. The fraction of sp³-hybridized carbons (Fsp3) is 0.429. The van der Waals surface area contributed by atoms with Crippen LogP contribution in [0.3, 0.4) is 0 Å². The summed E-state index contributed by atoms with van der Waals surface area (Å²) in [5.74, 6) is 1.13. The quantitative estimate of drug-likeness (QED) is 0.720. The summed E-state index contributed by atoms with van der Waals surface area (Å²) in [6, 6.07) is 7.69. The molecule has 3 aromatic rings. The summed E-state index contributed by atoms with van der Waals surface area (Å²) in [4.78, 5) is 19.5. The fourth-order valence-electron chi connectivity index (χ4n) is 3.78. The van der Waals surface area contributed by atoms with E-state index in [1.54, 1.807) is 6.20 Å². The first-order valence-corrected chi connectivity index (χ1v) is 10.1. The van der Waals surface area contributed by atoms with Crippen molar-refractivity contribution in [1.29, 1.82) is 0 Å². The lowest BCUT2D eigenvalue weighted by Crippen LogP contribution is -2.41. The van der Waals surface area contributed by atoms with Crippen molar-refractivity contribution in [3.63, 3.8) is 0 Å². The minimum absolute atomic E-state index is 0.0304. The summed E-state index contributed by atoms with van der Waals surface area (Å²) in [5, 5.41) is 11.3. The van der Waals surface area contributed by atoms with Crippen LogP contribution in [0.4, 0.5) is 10.5 Å². The number of piperidine rings is 1. The van der Waals surface area contributed by atoms with Crippen molar-refractivity contribution in [3.05, 3.63) is 47.5 Å². The Morgan fingerprint density at radius 3 is 2.90 bits per heavy atom. The highest BCUT2D eigenvalue weighted by Crippen LogP contribution is 2.32. The van der Waals surface area contributed by atoms with Gasteiger partial charge in [-0.25, -0.2) is 4.79 Å². The van der Waals surface area contributed by atoms with Gasteiger partial charge in [0.25, 0.3) is 5.89 Å². The Balaban J connectivity index is 1.57. The number of carbonyl (C=O) groups excluding carboxylic acids is 1. The molecule has 1 fully saturated rings. The number of hydrogen-bond acceptors (Lipinski definition) is 5. The molecule has 0 aliphatic carbocycles. The first-order valence-electron chi connectivity index (χ1n) is 10.1. The highest BCUT2D eigenvalue weighted by atomic mass is 16.5. The van der Waals surface area contributed by atoms with Crippen molar-refractivity contribution < 1.29 is 9.32 Å². The Hall–Kier alpha value is -3.16. The van der Waals surface area contributed by atoms with Gasteiger partial charge < -0.3 is 14.7 Å². The highest BCUT2D eigenvalue weighted by Gasteiger charge is 2.30. The maximum Gasteiger partial charge on any atom is 0.322 e. The maximum absolute atomic E-state index is 13.2. The summed E-state index contributed by atoms with van der Waals surface area (Å²) in [6.45, 7) is 4.68. The predicted molar refractivity (Wildman–Crippen MR) is 109 cm³/mol. The molecule has 0 spiro atoms. The molecule has 1 saturated heterocycles. The van der Waals surface area contributed by atoms with E-state index in [4.69, 9.17) is 4.52 Å². The van der Waals surface area contributed by atoms with E-state index in [-0.39, 0.29) is 12.1 Å². The molecule has 4 rings (SSSR count). The number of nitrogens with one attached hydrogen (secondary N) is 1. The number of carbonyl (C=O) groups is 1. The molecule has 2 amide bonds. The number of urea groups is 1. The number of anilines is 1. The summed E-state index contributed by atoms with van der Waals surface area (Å²) in [5.41, 5.74) is 3.58. The lowest BCUT2D eigenvalue weighted by atomic mass is 9.99. The molecule has 0 bridgehead atoms. The molecule has 8 heteroatoms. The van der Waals surface area contributed by atoms with Gasteiger partial charge in [0.2, 0.25) is 0 Å². The molecule has 1 N–H and O–H groups in total. The van der Waals surface area contributed by atoms with Gasteiger partial charge in [0, 0.05) is 37.5 Å². The Kier molecular flexibility index (Phi) is 5.33. The topological polar surface area (TPSA) is 89.1 Å². The van der Waals surface area contributed by atoms with Crippen LogP contribution in [-0.4, -0.2) is 37.4 Å². The summed E-state index contributed by atoms with van der Waals surface area (Å²) in [7, 11) is 1.92. The number of hydrogen-bond donors (Lipinski definition) is 1. The average molecular weight is 394 g/mol. The molecule has 1 aliphatic rings. The van der Waals surface area contributed by atoms with Gasteiger partial charge in [0.1, 0.15) is 0 Å². The van der Waals surface area contributed by atoms with Crippen molar-refractivity contribution in [1.82, 2.24) is 24.8 Å². The first-order chi connectivity index (χ1) is 14.1. The van der Waals surface area contributed by atoms with E-state index in [0.717, 1.165) is 48.3 Å². The molecule has 2 aromatic heterocycles. The Morgan fingerprint density at radius 1 is 1.31 bits per heavy atom. The molecule has 1 aromatic carbocycles. The van der Waals surface area contributed by atoms with Crippen LogP contribution in [-0.2, 0) is 13.5 Å². The molecule has 1 atom stereocenters. The van der Waals surface area contributed by atoms with E-state index < -0.39 is 0 Å². The third kappa shape index (κ3) is 3.87. The SMILES string of the molecule is CCc1noc(-c2ccc(C)c(NC(=O)N3CCCCC3c3ccnn3C)c2)n1. The largest absolute Gasteiger partial charge is 0.334 e. The third-order valence-electron chi connectivity index (χ3n) is 5.47. The van der Waals surface area contributed by atoms with E-state index in [0.29, 0.717) is 18.1 Å². The molecule has 152 valence electrons. The minimum atomic E-state index is -0.101. The number of likely N-dealkylation sites (tertiary alicyclic amines) is 1. The lowest BCUT2D eigenvalue weighted by molar-refractivity contribution is 0.159. The van der Waals surface area contributed by atoms with Crippen LogP contribution >= 0.6 is 0 Å². The van der Waals surface area contributed by atoms with Crippen LogP contribution in [0.25, 0.3) is 11.5 Å². The fourth-order valence-corrected chi connectivity index (χ4v) is 3.78. The van der Waals surface area contributed by atoms with Crippen molar-refractivity contribution in [2.45, 2.75) is 45.6 Å². The van der Waals surface area contributed by atoms with Gasteiger partial charge in [-0.2, -0.15) is 10.1 Å². The van der Waals surface area contributed by atoms with Crippen molar-refractivity contribution in [2.75, 3.05) is 11.9 Å². The minimum Gasteiger partial charge on any atom is -0.334 e. The zero-order chi connectivity index (χ0) is 20.4. The standard InChI is InChI=1S/C21H26N6O2/c1-4-19-24-20(29-25-19)15-9-8-14(2)16(13-15)23-21(28)27-12-6-5-7-18(27)17-10-11-22-26(17)3/h8-11,13,18H,4-7,12H2,1-3H3,(H,23,28). The molecule has 0 saturated carbocycles. The number of benzene rings is 1. The zero-order valence-corrected chi connectivity index (χ0v) is 17.1. The van der Waals surface area contributed by atoms with Crippen LogP contribution in [0.15, 0.2) is 35.0 Å². The van der Waals surface area contributed by atoms with Gasteiger partial charge in [0.15, 0.2) is 5.82 Å². The predicted octanol–water partition coefficient (Wildman–Crippen LogP) is 4.10. The maximum atomic E-state index is 13.2. The van der Waals surface area contributed by atoms with E-state index in [1.807, 2.05) is 54.7 Å². The van der Waals surface area contributed by atoms with E-state index in [2.05, 4.69) is 20.6 Å². The van der Waals surface area contributed by atoms with Crippen molar-refractivity contribution in [3.8, 4) is 11.5 Å². The zero-order valence-electron chi connectivity index (χ0n) is 17.1. The summed E-state index contributed by atoms with van der Waals surface area (Å²) in [6.07, 6.45) is 5.54. The monoisotopic (exact) mass is 394 g/mol. The highest BCUT2D eigenvalue weighted by molar-refractivity contribution is 5.91. The molecule has 0 radical (unpaired) electrons. The summed E-state index contributed by atoms with van der Waals surface area (Å²) >= 11 is 0. The molecule has 3 heterocycles. The van der Waals surface area contributed by atoms with Crippen molar-refractivity contribution in [2.24, 2.45) is 7.05 Å².